The zero-order valence-corrected chi connectivity index (χ0v) is 16.5. The average molecular weight is 389 g/mol. The first kappa shape index (κ1) is 18.4. The van der Waals surface area contributed by atoms with Crippen molar-refractivity contribution in [2.75, 3.05) is 0 Å². The standard InChI is InChI=1S/C24H27N3O2/c25-24(29)19-9-3-16(4-10-19)15-1-7-18(8-2-15)23(28)22-21(17-5-6-17)12-11-20-13-26-14-27(20)22/h3-4,9-15,17-18,23,28H,1-2,5-8H2,(H2,25,29). The minimum atomic E-state index is -0.457. The van der Waals surface area contributed by atoms with Crippen LogP contribution in [0.5, 0.6) is 0 Å². The van der Waals surface area contributed by atoms with Crippen molar-refractivity contribution in [3.63, 3.8) is 0 Å². The van der Waals surface area contributed by atoms with E-state index in [0.717, 1.165) is 36.9 Å². The molecule has 1 amide bonds. The number of aromatic nitrogens is 2. The Hall–Kier alpha value is -2.66. The van der Waals surface area contributed by atoms with Gasteiger partial charge in [-0.05, 0) is 85.6 Å². The number of carbonyl (C=O) groups is 1. The summed E-state index contributed by atoms with van der Waals surface area (Å²) >= 11 is 0. The van der Waals surface area contributed by atoms with Crippen LogP contribution in [-0.2, 0) is 0 Å². The molecule has 0 spiro atoms. The predicted molar refractivity (Wildman–Crippen MR) is 112 cm³/mol. The fraction of sp³-hybridized carbons (Fsp3) is 0.417. The molecule has 0 aliphatic heterocycles. The van der Waals surface area contributed by atoms with Gasteiger partial charge in [-0.15, -0.1) is 0 Å². The van der Waals surface area contributed by atoms with Gasteiger partial charge >= 0.3 is 0 Å². The Morgan fingerprint density at radius 2 is 1.69 bits per heavy atom. The van der Waals surface area contributed by atoms with E-state index in [0.29, 0.717) is 17.4 Å². The van der Waals surface area contributed by atoms with E-state index < -0.39 is 6.10 Å². The molecule has 2 fully saturated rings. The number of hydrogen-bond acceptors (Lipinski definition) is 3. The number of primary amides is 1. The molecule has 3 N–H and O–H groups in total. The second kappa shape index (κ2) is 7.30. The molecule has 2 aliphatic rings. The van der Waals surface area contributed by atoms with Crippen molar-refractivity contribution in [3.05, 3.63) is 71.3 Å². The number of nitrogens with zero attached hydrogens (tertiary/aromatic N) is 2. The third kappa shape index (κ3) is 3.44. The fourth-order valence-corrected chi connectivity index (χ4v) is 4.99. The molecule has 5 rings (SSSR count). The van der Waals surface area contributed by atoms with Crippen LogP contribution in [0.1, 0.15) is 83.6 Å². The van der Waals surface area contributed by atoms with E-state index in [-0.39, 0.29) is 11.8 Å². The van der Waals surface area contributed by atoms with Crippen molar-refractivity contribution in [2.24, 2.45) is 11.7 Å². The van der Waals surface area contributed by atoms with Crippen LogP contribution in [0.4, 0.5) is 0 Å². The maximum absolute atomic E-state index is 11.4. The van der Waals surface area contributed by atoms with Crippen LogP contribution >= 0.6 is 0 Å². The second-order valence-electron chi connectivity index (χ2n) is 8.68. The van der Waals surface area contributed by atoms with E-state index in [9.17, 15) is 9.90 Å². The Bertz CT molecular complexity index is 1030. The van der Waals surface area contributed by atoms with Gasteiger partial charge in [0.15, 0.2) is 0 Å². The van der Waals surface area contributed by atoms with Gasteiger partial charge in [-0.2, -0.15) is 0 Å². The molecule has 2 heterocycles. The summed E-state index contributed by atoms with van der Waals surface area (Å²) in [6.45, 7) is 0. The first-order chi connectivity index (χ1) is 14.1. The molecule has 150 valence electrons. The highest BCUT2D eigenvalue weighted by Gasteiger charge is 2.34. The normalized spacial score (nSPS) is 23.2. The van der Waals surface area contributed by atoms with Crippen LogP contribution in [0.15, 0.2) is 48.9 Å². The zero-order valence-electron chi connectivity index (χ0n) is 16.5. The van der Waals surface area contributed by atoms with E-state index in [1.54, 1.807) is 0 Å². The number of pyridine rings is 1. The molecular weight excluding hydrogens is 362 g/mol. The summed E-state index contributed by atoms with van der Waals surface area (Å²) in [5, 5.41) is 11.4. The molecule has 1 unspecified atom stereocenters. The SMILES string of the molecule is NC(=O)c1ccc(C2CCC(C(O)c3c(C4CC4)ccc4cncn34)CC2)cc1. The van der Waals surface area contributed by atoms with Gasteiger partial charge in [0, 0.05) is 5.56 Å². The lowest BCUT2D eigenvalue weighted by Gasteiger charge is -2.33. The third-order valence-electron chi connectivity index (χ3n) is 6.84. The maximum atomic E-state index is 11.4. The molecule has 3 aromatic rings. The number of hydrogen-bond donors (Lipinski definition) is 2. The van der Waals surface area contributed by atoms with Gasteiger partial charge < -0.3 is 15.2 Å². The summed E-state index contributed by atoms with van der Waals surface area (Å²) < 4.78 is 2.09. The summed E-state index contributed by atoms with van der Waals surface area (Å²) in [5.74, 6) is 0.948. The third-order valence-corrected chi connectivity index (χ3v) is 6.84. The monoisotopic (exact) mass is 389 g/mol. The quantitative estimate of drug-likeness (QED) is 0.682. The lowest BCUT2D eigenvalue weighted by atomic mass is 9.75. The highest BCUT2D eigenvalue weighted by atomic mass is 16.3. The Kier molecular flexibility index (Phi) is 4.63. The van der Waals surface area contributed by atoms with E-state index in [1.807, 2.05) is 36.8 Å². The van der Waals surface area contributed by atoms with Gasteiger partial charge in [0.05, 0.1) is 29.8 Å². The summed E-state index contributed by atoms with van der Waals surface area (Å²) in [4.78, 5) is 15.6. The number of aliphatic hydroxyl groups is 1. The van der Waals surface area contributed by atoms with Crippen molar-refractivity contribution in [2.45, 2.75) is 56.5 Å². The van der Waals surface area contributed by atoms with Crippen LogP contribution in [0.2, 0.25) is 0 Å². The largest absolute Gasteiger partial charge is 0.387 e. The fourth-order valence-electron chi connectivity index (χ4n) is 4.99. The molecule has 0 radical (unpaired) electrons. The van der Waals surface area contributed by atoms with Crippen LogP contribution in [0, 0.1) is 5.92 Å². The van der Waals surface area contributed by atoms with E-state index in [2.05, 4.69) is 21.5 Å². The number of rotatable bonds is 5. The van der Waals surface area contributed by atoms with Crippen LogP contribution < -0.4 is 5.73 Å². The van der Waals surface area contributed by atoms with Gasteiger partial charge in [0.25, 0.3) is 0 Å². The number of amides is 1. The van der Waals surface area contributed by atoms with Gasteiger partial charge in [-0.3, -0.25) is 4.79 Å². The van der Waals surface area contributed by atoms with Crippen LogP contribution in [-0.4, -0.2) is 20.4 Å². The number of fused-ring (bicyclic) bond motifs is 1. The Labute approximate surface area is 170 Å². The van der Waals surface area contributed by atoms with Gasteiger partial charge in [-0.1, -0.05) is 18.2 Å². The molecular formula is C24H27N3O2. The summed E-state index contributed by atoms with van der Waals surface area (Å²) in [6.07, 6.45) is 9.78. The molecule has 1 atom stereocenters. The predicted octanol–water partition coefficient (Wildman–Crippen LogP) is 4.32. The summed E-state index contributed by atoms with van der Waals surface area (Å²) in [5.41, 5.74) is 10.6. The number of imidazole rings is 1. The average Bonchev–Trinajstić information content (AvgIpc) is 3.49. The summed E-state index contributed by atoms with van der Waals surface area (Å²) in [7, 11) is 0. The van der Waals surface area contributed by atoms with Gasteiger partial charge in [0.2, 0.25) is 5.91 Å². The summed E-state index contributed by atoms with van der Waals surface area (Å²) in [6, 6.07) is 12.0. The molecule has 2 saturated carbocycles. The molecule has 5 nitrogen and oxygen atoms in total. The number of benzene rings is 1. The van der Waals surface area contributed by atoms with Crippen molar-refractivity contribution in [1.29, 1.82) is 0 Å². The maximum Gasteiger partial charge on any atom is 0.248 e. The van der Waals surface area contributed by atoms with Crippen LogP contribution in [0.25, 0.3) is 5.52 Å². The molecule has 29 heavy (non-hydrogen) atoms. The Morgan fingerprint density at radius 3 is 2.34 bits per heavy atom. The number of aliphatic hydroxyl groups excluding tert-OH is 1. The first-order valence-corrected chi connectivity index (χ1v) is 10.6. The minimum Gasteiger partial charge on any atom is -0.387 e. The highest BCUT2D eigenvalue weighted by molar-refractivity contribution is 5.92. The Balaban J connectivity index is 1.33. The van der Waals surface area contributed by atoms with Gasteiger partial charge in [-0.25, -0.2) is 4.98 Å². The Morgan fingerprint density at radius 1 is 1.00 bits per heavy atom. The van der Waals surface area contributed by atoms with Gasteiger partial charge in [0.1, 0.15) is 0 Å². The van der Waals surface area contributed by atoms with E-state index in [4.69, 9.17) is 5.73 Å². The van der Waals surface area contributed by atoms with Crippen molar-refractivity contribution in [1.82, 2.24) is 9.38 Å². The van der Waals surface area contributed by atoms with Crippen molar-refractivity contribution < 1.29 is 9.90 Å². The van der Waals surface area contributed by atoms with E-state index in [1.165, 1.54) is 24.0 Å². The lowest BCUT2D eigenvalue weighted by molar-refractivity contribution is 0.0754. The topological polar surface area (TPSA) is 80.6 Å². The molecule has 2 aliphatic carbocycles. The minimum absolute atomic E-state index is 0.265. The highest BCUT2D eigenvalue weighted by Crippen LogP contribution is 2.47. The van der Waals surface area contributed by atoms with Crippen LogP contribution in [0.3, 0.4) is 0 Å². The van der Waals surface area contributed by atoms with Crippen molar-refractivity contribution in [3.8, 4) is 0 Å². The molecule has 5 heteroatoms. The molecule has 1 aromatic carbocycles. The lowest BCUT2D eigenvalue weighted by Crippen LogP contribution is -2.22. The van der Waals surface area contributed by atoms with Crippen molar-refractivity contribution >= 4 is 11.4 Å². The first-order valence-electron chi connectivity index (χ1n) is 10.6. The molecule has 2 aromatic heterocycles. The number of carbonyl (C=O) groups excluding carboxylic acids is 1. The molecule has 0 bridgehead atoms. The smallest absolute Gasteiger partial charge is 0.248 e. The van der Waals surface area contributed by atoms with E-state index >= 15 is 0 Å². The zero-order chi connectivity index (χ0) is 20.0. The second-order valence-corrected chi connectivity index (χ2v) is 8.68. The molecule has 0 saturated heterocycles. The number of nitrogens with two attached hydrogens (primary N) is 1.